The van der Waals surface area contributed by atoms with E-state index in [4.69, 9.17) is 9.84 Å². The second kappa shape index (κ2) is 8.33. The molecule has 0 aliphatic heterocycles. The lowest BCUT2D eigenvalue weighted by Crippen LogP contribution is -2.24. The summed E-state index contributed by atoms with van der Waals surface area (Å²) in [6.45, 7) is 0.792. The number of ether oxygens (including phenoxy) is 1. The molecule has 0 saturated heterocycles. The molecule has 0 saturated carbocycles. The molecule has 11 heavy (non-hydrogen) atoms. The third-order valence-corrected chi connectivity index (χ3v) is 2.28. The van der Waals surface area contributed by atoms with E-state index in [9.17, 15) is 0 Å². The number of aliphatic hydroxyl groups is 1. The lowest BCUT2D eigenvalue weighted by Gasteiger charge is -2.07. The van der Waals surface area contributed by atoms with Crippen molar-refractivity contribution in [2.45, 2.75) is 12.6 Å². The average molecular weight is 179 g/mol. The highest BCUT2D eigenvalue weighted by molar-refractivity contribution is 7.99. The van der Waals surface area contributed by atoms with Crippen LogP contribution in [0.1, 0.15) is 6.42 Å². The largest absolute Gasteiger partial charge is 0.384 e. The molecule has 0 aromatic carbocycles. The fourth-order valence-electron chi connectivity index (χ4n) is 0.584. The Hall–Kier alpha value is 0.230. The van der Waals surface area contributed by atoms with E-state index in [0.29, 0.717) is 0 Å². The van der Waals surface area contributed by atoms with E-state index < -0.39 is 0 Å². The zero-order valence-corrected chi connectivity index (χ0v) is 7.99. The van der Waals surface area contributed by atoms with Crippen LogP contribution < -0.4 is 5.32 Å². The summed E-state index contributed by atoms with van der Waals surface area (Å²) in [7, 11) is 3.45. The predicted molar refractivity (Wildman–Crippen MR) is 48.9 cm³/mol. The Bertz CT molecular complexity index is 82.8. The summed E-state index contributed by atoms with van der Waals surface area (Å²) in [6.07, 6.45) is 0.440. The smallest absolute Gasteiger partial charge is 0.105 e. The number of hydrogen-bond acceptors (Lipinski definition) is 4. The van der Waals surface area contributed by atoms with Gasteiger partial charge in [0.2, 0.25) is 0 Å². The molecule has 0 aromatic rings. The maximum absolute atomic E-state index is 9.06. The van der Waals surface area contributed by atoms with Crippen LogP contribution in [0.25, 0.3) is 0 Å². The Labute approximate surface area is 72.5 Å². The van der Waals surface area contributed by atoms with Gasteiger partial charge in [0, 0.05) is 12.9 Å². The SMILES string of the molecule is CNC(O)CCSCCOC. The highest BCUT2D eigenvalue weighted by Crippen LogP contribution is 2.02. The third kappa shape index (κ3) is 8.13. The standard InChI is InChI=1S/C7H17NO2S/c1-8-7(9)3-5-11-6-4-10-2/h7-9H,3-6H2,1-2H3. The molecule has 0 amide bonds. The van der Waals surface area contributed by atoms with Gasteiger partial charge in [-0.2, -0.15) is 11.8 Å². The van der Waals surface area contributed by atoms with Crippen LogP contribution in [-0.2, 0) is 4.74 Å². The predicted octanol–water partition coefficient (Wildman–Crippen LogP) is 0.294. The summed E-state index contributed by atoms with van der Waals surface area (Å²) in [5.74, 6) is 1.98. The molecule has 0 bridgehead atoms. The van der Waals surface area contributed by atoms with Crippen LogP contribution in [0.4, 0.5) is 0 Å². The van der Waals surface area contributed by atoms with Gasteiger partial charge < -0.3 is 9.84 Å². The van der Waals surface area contributed by atoms with Gasteiger partial charge in [0.05, 0.1) is 6.61 Å². The first kappa shape index (κ1) is 11.2. The zero-order valence-electron chi connectivity index (χ0n) is 7.17. The maximum Gasteiger partial charge on any atom is 0.105 e. The van der Waals surface area contributed by atoms with Crippen LogP contribution in [0, 0.1) is 0 Å². The minimum Gasteiger partial charge on any atom is -0.384 e. The summed E-state index contributed by atoms with van der Waals surface area (Å²) < 4.78 is 4.88. The number of aliphatic hydroxyl groups excluding tert-OH is 1. The highest BCUT2D eigenvalue weighted by atomic mass is 32.2. The van der Waals surface area contributed by atoms with Crippen LogP contribution in [0.3, 0.4) is 0 Å². The maximum atomic E-state index is 9.06. The molecule has 4 heteroatoms. The van der Waals surface area contributed by atoms with Gasteiger partial charge in [-0.05, 0) is 19.2 Å². The first-order chi connectivity index (χ1) is 5.31. The molecule has 0 radical (unpaired) electrons. The molecule has 0 rings (SSSR count). The number of nitrogens with one attached hydrogen (secondary N) is 1. The van der Waals surface area contributed by atoms with E-state index in [1.165, 1.54) is 0 Å². The molecule has 1 unspecified atom stereocenters. The van der Waals surface area contributed by atoms with Crippen LogP contribution >= 0.6 is 11.8 Å². The summed E-state index contributed by atoms with van der Waals surface area (Å²) >= 11 is 1.80. The Morgan fingerprint density at radius 3 is 2.82 bits per heavy atom. The molecule has 2 N–H and O–H groups in total. The minimum atomic E-state index is -0.356. The Morgan fingerprint density at radius 2 is 2.27 bits per heavy atom. The van der Waals surface area contributed by atoms with Crippen molar-refractivity contribution in [3.63, 3.8) is 0 Å². The zero-order chi connectivity index (χ0) is 8.53. The number of rotatable bonds is 7. The van der Waals surface area contributed by atoms with Crippen molar-refractivity contribution in [3.8, 4) is 0 Å². The van der Waals surface area contributed by atoms with Crippen molar-refractivity contribution in [3.05, 3.63) is 0 Å². The van der Waals surface area contributed by atoms with Crippen molar-refractivity contribution >= 4 is 11.8 Å². The molecule has 3 nitrogen and oxygen atoms in total. The topological polar surface area (TPSA) is 41.5 Å². The number of methoxy groups -OCH3 is 1. The third-order valence-electron chi connectivity index (χ3n) is 1.30. The fourth-order valence-corrected chi connectivity index (χ4v) is 1.46. The molecule has 0 fully saturated rings. The molecule has 0 spiro atoms. The van der Waals surface area contributed by atoms with E-state index in [1.54, 1.807) is 25.9 Å². The Morgan fingerprint density at radius 1 is 1.55 bits per heavy atom. The molecule has 0 aromatic heterocycles. The van der Waals surface area contributed by atoms with Gasteiger partial charge in [-0.1, -0.05) is 0 Å². The van der Waals surface area contributed by atoms with Crippen LogP contribution in [0.5, 0.6) is 0 Å². The van der Waals surface area contributed by atoms with Crippen molar-refractivity contribution in [1.82, 2.24) is 5.32 Å². The van der Waals surface area contributed by atoms with E-state index in [2.05, 4.69) is 5.32 Å². The lowest BCUT2D eigenvalue weighted by atomic mass is 10.4. The van der Waals surface area contributed by atoms with Gasteiger partial charge in [0.25, 0.3) is 0 Å². The lowest BCUT2D eigenvalue weighted by molar-refractivity contribution is 0.144. The average Bonchev–Trinajstić information content (AvgIpc) is 2.04. The molecular formula is C7H17NO2S. The Balaban J connectivity index is 2.89. The second-order valence-electron chi connectivity index (χ2n) is 2.20. The normalized spacial score (nSPS) is 13.4. The molecule has 0 aliphatic rings. The molecule has 0 aliphatic carbocycles. The molecule has 0 heterocycles. The summed E-state index contributed by atoms with van der Waals surface area (Å²) in [5.41, 5.74) is 0. The van der Waals surface area contributed by atoms with Crippen molar-refractivity contribution in [2.75, 3.05) is 32.3 Å². The second-order valence-corrected chi connectivity index (χ2v) is 3.42. The monoisotopic (exact) mass is 179 g/mol. The molecule has 1 atom stereocenters. The summed E-state index contributed by atoms with van der Waals surface area (Å²) in [4.78, 5) is 0. The van der Waals surface area contributed by atoms with Gasteiger partial charge in [0.1, 0.15) is 6.23 Å². The first-order valence-electron chi connectivity index (χ1n) is 3.73. The quantitative estimate of drug-likeness (QED) is 0.435. The van der Waals surface area contributed by atoms with Gasteiger partial charge in [-0.3, -0.25) is 5.32 Å². The summed E-state index contributed by atoms with van der Waals surface area (Å²) in [6, 6.07) is 0. The minimum absolute atomic E-state index is 0.356. The van der Waals surface area contributed by atoms with Crippen LogP contribution in [0.15, 0.2) is 0 Å². The summed E-state index contributed by atoms with van der Waals surface area (Å²) in [5, 5.41) is 11.8. The molecule has 68 valence electrons. The number of thioether (sulfide) groups is 1. The van der Waals surface area contributed by atoms with Crippen molar-refractivity contribution in [1.29, 1.82) is 0 Å². The Kier molecular flexibility index (Phi) is 8.50. The van der Waals surface area contributed by atoms with Gasteiger partial charge in [-0.25, -0.2) is 0 Å². The van der Waals surface area contributed by atoms with Crippen molar-refractivity contribution in [2.24, 2.45) is 0 Å². The first-order valence-corrected chi connectivity index (χ1v) is 4.88. The van der Waals surface area contributed by atoms with Gasteiger partial charge in [0.15, 0.2) is 0 Å². The van der Waals surface area contributed by atoms with Gasteiger partial charge >= 0.3 is 0 Å². The highest BCUT2D eigenvalue weighted by Gasteiger charge is 1.98. The van der Waals surface area contributed by atoms with Gasteiger partial charge in [-0.15, -0.1) is 0 Å². The van der Waals surface area contributed by atoms with Crippen molar-refractivity contribution < 1.29 is 9.84 Å². The van der Waals surface area contributed by atoms with Crippen LogP contribution in [-0.4, -0.2) is 43.6 Å². The van der Waals surface area contributed by atoms with E-state index in [-0.39, 0.29) is 6.23 Å². The number of hydrogen-bond donors (Lipinski definition) is 2. The van der Waals surface area contributed by atoms with E-state index in [0.717, 1.165) is 24.5 Å². The molecular weight excluding hydrogens is 162 g/mol. The van der Waals surface area contributed by atoms with E-state index in [1.807, 2.05) is 0 Å². The van der Waals surface area contributed by atoms with Crippen LogP contribution in [0.2, 0.25) is 0 Å². The van der Waals surface area contributed by atoms with E-state index >= 15 is 0 Å². The fraction of sp³-hybridized carbons (Fsp3) is 1.00.